The topological polar surface area (TPSA) is 45.2 Å². The highest BCUT2D eigenvalue weighted by atomic mass is 19.1. The van der Waals surface area contributed by atoms with E-state index in [0.717, 1.165) is 42.3 Å². The van der Waals surface area contributed by atoms with E-state index >= 15 is 0 Å². The molecule has 2 aromatic carbocycles. The zero-order valence-corrected chi connectivity index (χ0v) is 15.8. The fourth-order valence-corrected chi connectivity index (χ4v) is 3.84. The molecule has 1 aliphatic heterocycles. The van der Waals surface area contributed by atoms with Crippen molar-refractivity contribution in [3.8, 4) is 0 Å². The number of nitrogens with one attached hydrogen (secondary N) is 1. The van der Waals surface area contributed by atoms with Crippen molar-refractivity contribution in [2.75, 3.05) is 19.6 Å². The molecule has 1 aliphatic rings. The first kappa shape index (κ1) is 18.6. The van der Waals surface area contributed by atoms with Crippen LogP contribution in [-0.2, 0) is 6.54 Å². The number of hydrogen-bond acceptors (Lipinski definition) is 3. The number of nitrogens with zero attached hydrogens (tertiary/aromatic N) is 2. The van der Waals surface area contributed by atoms with Crippen LogP contribution in [0.25, 0.3) is 10.8 Å². The lowest BCUT2D eigenvalue weighted by Crippen LogP contribution is -2.38. The zero-order valence-electron chi connectivity index (χ0n) is 15.8. The van der Waals surface area contributed by atoms with Crippen LogP contribution in [0.1, 0.15) is 28.9 Å². The van der Waals surface area contributed by atoms with Gasteiger partial charge in [-0.3, -0.25) is 14.7 Å². The van der Waals surface area contributed by atoms with Crippen LogP contribution in [-0.4, -0.2) is 35.4 Å². The third kappa shape index (κ3) is 4.20. The molecule has 4 rings (SSSR count). The molecule has 0 unspecified atom stereocenters. The Morgan fingerprint density at radius 1 is 1.07 bits per heavy atom. The fraction of sp³-hybridized carbons (Fsp3) is 0.304. The molecule has 0 bridgehead atoms. The number of carbonyl (C=O) groups is 1. The Labute approximate surface area is 164 Å². The highest BCUT2D eigenvalue weighted by molar-refractivity contribution is 6.05. The van der Waals surface area contributed by atoms with Crippen molar-refractivity contribution in [1.29, 1.82) is 0 Å². The molecule has 1 saturated heterocycles. The van der Waals surface area contributed by atoms with E-state index in [1.807, 2.05) is 42.5 Å². The highest BCUT2D eigenvalue weighted by Gasteiger charge is 2.21. The van der Waals surface area contributed by atoms with Gasteiger partial charge in [-0.05, 0) is 49.4 Å². The first-order valence-electron chi connectivity index (χ1n) is 9.78. The second kappa shape index (κ2) is 8.48. The van der Waals surface area contributed by atoms with Gasteiger partial charge in [0.1, 0.15) is 11.5 Å². The van der Waals surface area contributed by atoms with Gasteiger partial charge in [0.05, 0.1) is 0 Å². The molecule has 3 aromatic rings. The van der Waals surface area contributed by atoms with E-state index in [4.69, 9.17) is 0 Å². The van der Waals surface area contributed by atoms with Crippen molar-refractivity contribution in [3.05, 3.63) is 77.9 Å². The van der Waals surface area contributed by atoms with E-state index in [2.05, 4.69) is 15.2 Å². The lowest BCUT2D eigenvalue weighted by Gasteiger charge is -2.32. The summed E-state index contributed by atoms with van der Waals surface area (Å²) in [7, 11) is 0. The summed E-state index contributed by atoms with van der Waals surface area (Å²) >= 11 is 0. The predicted octanol–water partition coefficient (Wildman–Crippen LogP) is 4.02. The Morgan fingerprint density at radius 2 is 1.82 bits per heavy atom. The summed E-state index contributed by atoms with van der Waals surface area (Å²) in [6.07, 6.45) is 3.67. The molecule has 1 amide bonds. The summed E-state index contributed by atoms with van der Waals surface area (Å²) in [5, 5.41) is 4.95. The Hall–Kier alpha value is -2.79. The van der Waals surface area contributed by atoms with Crippen LogP contribution in [0.2, 0.25) is 0 Å². The molecule has 0 atom stereocenters. The van der Waals surface area contributed by atoms with Gasteiger partial charge in [-0.25, -0.2) is 4.39 Å². The van der Waals surface area contributed by atoms with E-state index in [0.29, 0.717) is 24.7 Å². The number of fused-ring (bicyclic) bond motifs is 1. The molecule has 0 saturated carbocycles. The summed E-state index contributed by atoms with van der Waals surface area (Å²) in [6.45, 7) is 3.13. The van der Waals surface area contributed by atoms with Crippen molar-refractivity contribution in [1.82, 2.24) is 15.2 Å². The molecule has 0 radical (unpaired) electrons. The van der Waals surface area contributed by atoms with Crippen LogP contribution in [0.5, 0.6) is 0 Å². The smallest absolute Gasteiger partial charge is 0.270 e. The summed E-state index contributed by atoms with van der Waals surface area (Å²) in [5.74, 6) is 0.181. The fourth-order valence-electron chi connectivity index (χ4n) is 3.84. The number of piperidine rings is 1. The van der Waals surface area contributed by atoms with Crippen molar-refractivity contribution >= 4 is 16.7 Å². The van der Waals surface area contributed by atoms with Gasteiger partial charge in [0.15, 0.2) is 0 Å². The van der Waals surface area contributed by atoms with Crippen LogP contribution in [0, 0.1) is 11.7 Å². The lowest BCUT2D eigenvalue weighted by atomic mass is 9.96. The van der Waals surface area contributed by atoms with Crippen LogP contribution in [0.15, 0.2) is 60.8 Å². The van der Waals surface area contributed by atoms with Gasteiger partial charge in [0, 0.05) is 30.2 Å². The molecule has 1 fully saturated rings. The molecule has 28 heavy (non-hydrogen) atoms. The number of pyridine rings is 1. The van der Waals surface area contributed by atoms with Crippen LogP contribution >= 0.6 is 0 Å². The van der Waals surface area contributed by atoms with Gasteiger partial charge in [-0.15, -0.1) is 0 Å². The summed E-state index contributed by atoms with van der Waals surface area (Å²) in [4.78, 5) is 19.2. The normalized spacial score (nSPS) is 15.6. The largest absolute Gasteiger partial charge is 0.350 e. The number of benzene rings is 2. The SMILES string of the molecule is O=C(NCC1CCN(Cc2ccccc2F)CC1)c1nccc2ccccc12. The van der Waals surface area contributed by atoms with Gasteiger partial charge in [-0.2, -0.15) is 0 Å². The van der Waals surface area contributed by atoms with Crippen molar-refractivity contribution < 1.29 is 9.18 Å². The monoisotopic (exact) mass is 377 g/mol. The Kier molecular flexibility index (Phi) is 5.63. The first-order chi connectivity index (χ1) is 13.7. The maximum atomic E-state index is 13.8. The minimum atomic E-state index is -0.139. The average molecular weight is 377 g/mol. The minimum absolute atomic E-state index is 0.120. The molecule has 1 aromatic heterocycles. The molecule has 0 spiro atoms. The van der Waals surface area contributed by atoms with E-state index < -0.39 is 0 Å². The third-order valence-electron chi connectivity index (χ3n) is 5.50. The van der Waals surface area contributed by atoms with Crippen molar-refractivity contribution in [2.45, 2.75) is 19.4 Å². The maximum absolute atomic E-state index is 13.8. The van der Waals surface area contributed by atoms with E-state index in [-0.39, 0.29) is 11.7 Å². The van der Waals surface area contributed by atoms with Crippen LogP contribution < -0.4 is 5.32 Å². The molecular formula is C23H24FN3O. The molecule has 5 heteroatoms. The predicted molar refractivity (Wildman–Crippen MR) is 108 cm³/mol. The quantitative estimate of drug-likeness (QED) is 0.731. The standard InChI is InChI=1S/C23H24FN3O/c24-21-8-4-2-6-19(21)16-27-13-10-17(11-14-27)15-26-23(28)22-20-7-3-1-5-18(20)9-12-25-22/h1-9,12,17H,10-11,13-16H2,(H,26,28). The second-order valence-electron chi connectivity index (χ2n) is 7.40. The minimum Gasteiger partial charge on any atom is -0.350 e. The zero-order chi connectivity index (χ0) is 19.3. The van der Waals surface area contributed by atoms with Crippen LogP contribution in [0.3, 0.4) is 0 Å². The molecule has 144 valence electrons. The Balaban J connectivity index is 1.29. The highest BCUT2D eigenvalue weighted by Crippen LogP contribution is 2.20. The number of carbonyl (C=O) groups excluding carboxylic acids is 1. The summed E-state index contributed by atoms with van der Waals surface area (Å²) in [6, 6.07) is 16.7. The number of likely N-dealkylation sites (tertiary alicyclic amines) is 1. The lowest BCUT2D eigenvalue weighted by molar-refractivity contribution is 0.0932. The first-order valence-corrected chi connectivity index (χ1v) is 9.78. The number of halogens is 1. The van der Waals surface area contributed by atoms with E-state index in [1.54, 1.807) is 12.3 Å². The number of hydrogen-bond donors (Lipinski definition) is 1. The van der Waals surface area contributed by atoms with Gasteiger partial charge < -0.3 is 5.32 Å². The van der Waals surface area contributed by atoms with Gasteiger partial charge in [-0.1, -0.05) is 42.5 Å². The van der Waals surface area contributed by atoms with Gasteiger partial charge >= 0.3 is 0 Å². The molecule has 4 nitrogen and oxygen atoms in total. The van der Waals surface area contributed by atoms with E-state index in [1.165, 1.54) is 6.07 Å². The van der Waals surface area contributed by atoms with Gasteiger partial charge in [0.2, 0.25) is 0 Å². The molecule has 0 aliphatic carbocycles. The Bertz CT molecular complexity index is 961. The molecular weight excluding hydrogens is 353 g/mol. The summed E-state index contributed by atoms with van der Waals surface area (Å²) < 4.78 is 13.8. The van der Waals surface area contributed by atoms with E-state index in [9.17, 15) is 9.18 Å². The van der Waals surface area contributed by atoms with Gasteiger partial charge in [0.25, 0.3) is 5.91 Å². The van der Waals surface area contributed by atoms with Crippen LogP contribution in [0.4, 0.5) is 4.39 Å². The average Bonchev–Trinajstić information content (AvgIpc) is 2.74. The number of amides is 1. The third-order valence-corrected chi connectivity index (χ3v) is 5.50. The second-order valence-corrected chi connectivity index (χ2v) is 7.40. The van der Waals surface area contributed by atoms with Crippen molar-refractivity contribution in [3.63, 3.8) is 0 Å². The van der Waals surface area contributed by atoms with Crippen molar-refractivity contribution in [2.24, 2.45) is 5.92 Å². The Morgan fingerprint density at radius 3 is 2.64 bits per heavy atom. The maximum Gasteiger partial charge on any atom is 0.270 e. The number of rotatable bonds is 5. The number of aromatic nitrogens is 1. The summed E-state index contributed by atoms with van der Waals surface area (Å²) in [5.41, 5.74) is 1.23. The molecule has 1 N–H and O–H groups in total. The molecule has 2 heterocycles.